The highest BCUT2D eigenvalue weighted by atomic mass is 16.4. The fourth-order valence-corrected chi connectivity index (χ4v) is 2.06. The summed E-state index contributed by atoms with van der Waals surface area (Å²) in [6.07, 6.45) is 1.70. The average molecular weight is 256 g/mol. The third-order valence-electron chi connectivity index (χ3n) is 2.99. The quantitative estimate of drug-likeness (QED) is 0.745. The van der Waals surface area contributed by atoms with Gasteiger partial charge in [0.25, 0.3) is 0 Å². The first kappa shape index (κ1) is 11.5. The maximum atomic E-state index is 10.6. The van der Waals surface area contributed by atoms with Crippen molar-refractivity contribution in [3.8, 4) is 11.3 Å². The van der Waals surface area contributed by atoms with Crippen LogP contribution in [0.1, 0.15) is 5.69 Å². The molecular formula is C13H12N4O2. The first-order valence-electron chi connectivity index (χ1n) is 5.81. The molecule has 2 aromatic heterocycles. The van der Waals surface area contributed by atoms with Gasteiger partial charge in [0.05, 0.1) is 29.5 Å². The van der Waals surface area contributed by atoms with Gasteiger partial charge in [0.2, 0.25) is 0 Å². The normalized spacial score (nSPS) is 11.0. The lowest BCUT2D eigenvalue weighted by atomic mass is 10.1. The summed E-state index contributed by atoms with van der Waals surface area (Å²) in [5, 5.41) is 15.6. The number of hydrogen-bond acceptors (Lipinski definition) is 3. The highest BCUT2D eigenvalue weighted by molar-refractivity contribution is 5.81. The number of nitrogens with zero attached hydrogens (tertiary/aromatic N) is 3. The molecule has 0 aliphatic rings. The largest absolute Gasteiger partial charge is 0.481 e. The van der Waals surface area contributed by atoms with E-state index in [1.165, 1.54) is 0 Å². The van der Waals surface area contributed by atoms with Gasteiger partial charge >= 0.3 is 5.97 Å². The number of H-pyrrole nitrogens is 1. The van der Waals surface area contributed by atoms with Crippen LogP contribution in [0, 0.1) is 0 Å². The Bertz CT molecular complexity index is 757. The molecule has 2 heterocycles. The number of carboxylic acids is 1. The first-order valence-corrected chi connectivity index (χ1v) is 5.81. The molecule has 0 bridgehead atoms. The van der Waals surface area contributed by atoms with Crippen LogP contribution in [0.5, 0.6) is 0 Å². The number of aromatic amines is 1. The second-order valence-corrected chi connectivity index (χ2v) is 4.41. The van der Waals surface area contributed by atoms with Crippen molar-refractivity contribution in [2.75, 3.05) is 0 Å². The van der Waals surface area contributed by atoms with Crippen molar-refractivity contribution in [2.45, 2.75) is 6.42 Å². The minimum atomic E-state index is -0.879. The molecule has 96 valence electrons. The second kappa shape index (κ2) is 4.24. The Morgan fingerprint density at radius 3 is 3.05 bits per heavy atom. The first-order chi connectivity index (χ1) is 9.13. The number of benzene rings is 1. The fraction of sp³-hybridized carbons (Fsp3) is 0.154. The van der Waals surface area contributed by atoms with E-state index in [9.17, 15) is 4.79 Å². The number of aromatic nitrogens is 4. The van der Waals surface area contributed by atoms with Crippen molar-refractivity contribution in [1.82, 2.24) is 19.7 Å². The Balaban J connectivity index is 1.99. The van der Waals surface area contributed by atoms with E-state index in [1.807, 2.05) is 29.8 Å². The lowest BCUT2D eigenvalue weighted by molar-refractivity contribution is -0.136. The number of carbonyl (C=O) groups is 1. The maximum Gasteiger partial charge on any atom is 0.309 e. The van der Waals surface area contributed by atoms with E-state index in [2.05, 4.69) is 15.2 Å². The van der Waals surface area contributed by atoms with Crippen LogP contribution in [0.4, 0.5) is 0 Å². The van der Waals surface area contributed by atoms with Gasteiger partial charge in [0, 0.05) is 18.3 Å². The zero-order chi connectivity index (χ0) is 13.4. The van der Waals surface area contributed by atoms with E-state index >= 15 is 0 Å². The minimum absolute atomic E-state index is 0.0567. The smallest absolute Gasteiger partial charge is 0.309 e. The number of rotatable bonds is 3. The molecule has 0 fully saturated rings. The molecule has 6 nitrogen and oxygen atoms in total. The summed E-state index contributed by atoms with van der Waals surface area (Å²) in [7, 11) is 1.94. The van der Waals surface area contributed by atoms with Gasteiger partial charge in [-0.1, -0.05) is 6.07 Å². The van der Waals surface area contributed by atoms with Crippen molar-refractivity contribution in [3.63, 3.8) is 0 Å². The van der Waals surface area contributed by atoms with Gasteiger partial charge in [-0.05, 0) is 18.2 Å². The summed E-state index contributed by atoms with van der Waals surface area (Å²) in [6.45, 7) is 0. The predicted octanol–water partition coefficient (Wildman–Crippen LogP) is 1.59. The molecule has 0 amide bonds. The van der Waals surface area contributed by atoms with Crippen LogP contribution in [0.25, 0.3) is 22.3 Å². The highest BCUT2D eigenvalue weighted by Crippen LogP contribution is 2.22. The van der Waals surface area contributed by atoms with Gasteiger partial charge in [-0.3, -0.25) is 9.89 Å². The van der Waals surface area contributed by atoms with E-state index in [4.69, 9.17) is 5.11 Å². The van der Waals surface area contributed by atoms with Crippen molar-refractivity contribution >= 4 is 17.0 Å². The molecule has 0 saturated carbocycles. The molecule has 0 aliphatic carbocycles. The third kappa shape index (κ3) is 2.08. The average Bonchev–Trinajstić information content (AvgIpc) is 2.96. The summed E-state index contributed by atoms with van der Waals surface area (Å²) in [6, 6.07) is 7.61. The van der Waals surface area contributed by atoms with Crippen LogP contribution in [0.15, 0.2) is 30.6 Å². The van der Waals surface area contributed by atoms with E-state index in [1.54, 1.807) is 12.4 Å². The molecule has 1 aromatic carbocycles. The number of fused-ring (bicyclic) bond motifs is 1. The molecule has 3 rings (SSSR count). The van der Waals surface area contributed by atoms with Crippen LogP contribution in [0.2, 0.25) is 0 Å². The lowest BCUT2D eigenvalue weighted by Crippen LogP contribution is -1.99. The second-order valence-electron chi connectivity index (χ2n) is 4.41. The zero-order valence-corrected chi connectivity index (χ0v) is 10.3. The number of aliphatic carboxylic acids is 1. The monoisotopic (exact) mass is 256 g/mol. The highest BCUT2D eigenvalue weighted by Gasteiger charge is 2.08. The van der Waals surface area contributed by atoms with Gasteiger partial charge in [-0.15, -0.1) is 0 Å². The number of imidazole rings is 1. The summed E-state index contributed by atoms with van der Waals surface area (Å²) >= 11 is 0. The molecule has 0 radical (unpaired) electrons. The molecule has 19 heavy (non-hydrogen) atoms. The van der Waals surface area contributed by atoms with E-state index in [0.29, 0.717) is 5.69 Å². The molecule has 0 unspecified atom stereocenters. The Morgan fingerprint density at radius 2 is 2.26 bits per heavy atom. The summed E-state index contributed by atoms with van der Waals surface area (Å²) in [5.74, 6) is -0.879. The number of aryl methyl sites for hydroxylation is 1. The van der Waals surface area contributed by atoms with Gasteiger partial charge in [0.15, 0.2) is 0 Å². The van der Waals surface area contributed by atoms with Crippen molar-refractivity contribution in [2.24, 2.45) is 7.05 Å². The predicted molar refractivity (Wildman–Crippen MR) is 69.6 cm³/mol. The van der Waals surface area contributed by atoms with E-state index < -0.39 is 5.97 Å². The summed E-state index contributed by atoms with van der Waals surface area (Å²) in [5.41, 5.74) is 4.17. The molecule has 0 aliphatic heterocycles. The number of hydrogen-bond donors (Lipinski definition) is 2. The number of nitrogens with one attached hydrogen (secondary N) is 1. The summed E-state index contributed by atoms with van der Waals surface area (Å²) in [4.78, 5) is 14.9. The van der Waals surface area contributed by atoms with E-state index in [0.717, 1.165) is 22.3 Å². The van der Waals surface area contributed by atoms with Crippen LogP contribution >= 0.6 is 0 Å². The van der Waals surface area contributed by atoms with Crippen molar-refractivity contribution in [1.29, 1.82) is 0 Å². The summed E-state index contributed by atoms with van der Waals surface area (Å²) < 4.78 is 1.94. The van der Waals surface area contributed by atoms with Crippen LogP contribution in [0.3, 0.4) is 0 Å². The molecule has 2 N–H and O–H groups in total. The number of carboxylic acid groups (broad SMARTS) is 1. The SMILES string of the molecule is Cn1cnc2cc(-c3cc(CC(=O)O)[nH]n3)ccc21. The molecule has 0 saturated heterocycles. The van der Waals surface area contributed by atoms with Crippen LogP contribution in [-0.4, -0.2) is 30.8 Å². The van der Waals surface area contributed by atoms with Crippen LogP contribution in [-0.2, 0) is 18.3 Å². The van der Waals surface area contributed by atoms with E-state index in [-0.39, 0.29) is 6.42 Å². The molecule has 3 aromatic rings. The lowest BCUT2D eigenvalue weighted by Gasteiger charge is -1.97. The van der Waals surface area contributed by atoms with Gasteiger partial charge in [0.1, 0.15) is 0 Å². The molecular weight excluding hydrogens is 244 g/mol. The Morgan fingerprint density at radius 1 is 1.42 bits per heavy atom. The Hall–Kier alpha value is -2.63. The van der Waals surface area contributed by atoms with Crippen molar-refractivity contribution in [3.05, 3.63) is 36.3 Å². The third-order valence-corrected chi connectivity index (χ3v) is 2.99. The molecule has 0 atom stereocenters. The van der Waals surface area contributed by atoms with Crippen LogP contribution < -0.4 is 0 Å². The van der Waals surface area contributed by atoms with Crippen molar-refractivity contribution < 1.29 is 9.90 Å². The molecule has 6 heteroatoms. The standard InChI is InChI=1S/C13H12N4O2/c1-17-7-14-11-4-8(2-3-12(11)17)10-5-9(15-16-10)6-13(18)19/h2-5,7H,6H2,1H3,(H,15,16)(H,18,19). The fourth-order valence-electron chi connectivity index (χ4n) is 2.06. The van der Waals surface area contributed by atoms with Gasteiger partial charge < -0.3 is 9.67 Å². The van der Waals surface area contributed by atoms with Gasteiger partial charge in [-0.25, -0.2) is 4.98 Å². The Labute approximate surface area is 108 Å². The van der Waals surface area contributed by atoms with Gasteiger partial charge in [-0.2, -0.15) is 5.10 Å². The molecule has 0 spiro atoms. The Kier molecular flexibility index (Phi) is 2.56. The zero-order valence-electron chi connectivity index (χ0n) is 10.3. The topological polar surface area (TPSA) is 83.8 Å². The minimum Gasteiger partial charge on any atom is -0.481 e. The maximum absolute atomic E-state index is 10.6.